The van der Waals surface area contributed by atoms with E-state index in [0.29, 0.717) is 37.6 Å². The molecule has 18 heavy (non-hydrogen) atoms. The summed E-state index contributed by atoms with van der Waals surface area (Å²) in [5, 5.41) is 0. The van der Waals surface area contributed by atoms with Crippen LogP contribution in [0.3, 0.4) is 0 Å². The smallest absolute Gasteiger partial charge is 0.337 e. The van der Waals surface area contributed by atoms with Gasteiger partial charge in [-0.15, -0.1) is 0 Å². The minimum Gasteiger partial charge on any atom is -0.493 e. The molecule has 1 fully saturated rings. The summed E-state index contributed by atoms with van der Waals surface area (Å²) < 4.78 is 21.7. The molecule has 1 aromatic carbocycles. The summed E-state index contributed by atoms with van der Waals surface area (Å²) in [4.78, 5) is 11.5. The second-order valence-electron chi connectivity index (χ2n) is 4.25. The van der Waals surface area contributed by atoms with Crippen molar-refractivity contribution in [3.63, 3.8) is 0 Å². The number of hydrogen-bond acceptors (Lipinski definition) is 5. The average molecular weight is 250 g/mol. The third kappa shape index (κ3) is 1.67. The van der Waals surface area contributed by atoms with Crippen LogP contribution < -0.4 is 4.74 Å². The monoisotopic (exact) mass is 250 g/mol. The lowest BCUT2D eigenvalue weighted by molar-refractivity contribution is -0.183. The number of rotatable bonds is 1. The third-order valence-corrected chi connectivity index (χ3v) is 3.26. The van der Waals surface area contributed by atoms with Crippen LogP contribution in [-0.4, -0.2) is 32.9 Å². The Kier molecular flexibility index (Phi) is 2.72. The highest BCUT2D eigenvalue weighted by atomic mass is 16.7. The van der Waals surface area contributed by atoms with Crippen molar-refractivity contribution in [2.45, 2.75) is 12.2 Å². The molecule has 3 rings (SSSR count). The zero-order valence-corrected chi connectivity index (χ0v) is 10.1. The van der Waals surface area contributed by atoms with Crippen LogP contribution in [0.2, 0.25) is 0 Å². The number of hydrogen-bond donors (Lipinski definition) is 0. The SMILES string of the molecule is COC(=O)c1ccc2c(c1)OCCC21OCCO1. The van der Waals surface area contributed by atoms with Crippen LogP contribution in [0.25, 0.3) is 0 Å². The van der Waals surface area contributed by atoms with Crippen LogP contribution in [0.15, 0.2) is 18.2 Å². The Bertz CT molecular complexity index is 476. The number of methoxy groups -OCH3 is 1. The highest BCUT2D eigenvalue weighted by Gasteiger charge is 2.43. The molecule has 0 N–H and O–H groups in total. The number of esters is 1. The highest BCUT2D eigenvalue weighted by Crippen LogP contribution is 2.43. The Morgan fingerprint density at radius 2 is 2.06 bits per heavy atom. The van der Waals surface area contributed by atoms with E-state index in [0.717, 1.165) is 5.56 Å². The fraction of sp³-hybridized carbons (Fsp3) is 0.462. The van der Waals surface area contributed by atoms with E-state index in [4.69, 9.17) is 14.2 Å². The molecule has 1 spiro atoms. The van der Waals surface area contributed by atoms with Crippen molar-refractivity contribution >= 4 is 5.97 Å². The Balaban J connectivity index is 2.02. The standard InChI is InChI=1S/C13H14O5/c1-15-12(14)9-2-3-10-11(8-9)16-5-4-13(10)17-6-7-18-13/h2-3,8H,4-7H2,1H3. The first-order chi connectivity index (χ1) is 8.75. The van der Waals surface area contributed by atoms with Crippen LogP contribution in [0, 0.1) is 0 Å². The van der Waals surface area contributed by atoms with Crippen molar-refractivity contribution in [1.82, 2.24) is 0 Å². The summed E-state index contributed by atoms with van der Waals surface area (Å²) in [6.07, 6.45) is 0.664. The fourth-order valence-corrected chi connectivity index (χ4v) is 2.39. The molecule has 2 heterocycles. The molecular weight excluding hydrogens is 236 g/mol. The maximum absolute atomic E-state index is 11.5. The molecule has 2 aliphatic rings. The zero-order valence-electron chi connectivity index (χ0n) is 10.1. The van der Waals surface area contributed by atoms with Crippen molar-refractivity contribution in [3.05, 3.63) is 29.3 Å². The van der Waals surface area contributed by atoms with Gasteiger partial charge in [0.05, 0.1) is 38.1 Å². The van der Waals surface area contributed by atoms with Gasteiger partial charge in [0.15, 0.2) is 0 Å². The molecule has 0 bridgehead atoms. The first-order valence-electron chi connectivity index (χ1n) is 5.89. The molecule has 96 valence electrons. The van der Waals surface area contributed by atoms with Crippen LogP contribution in [0.1, 0.15) is 22.3 Å². The summed E-state index contributed by atoms with van der Waals surface area (Å²) >= 11 is 0. The van der Waals surface area contributed by atoms with E-state index in [9.17, 15) is 4.79 Å². The minimum atomic E-state index is -0.692. The molecule has 2 aliphatic heterocycles. The van der Waals surface area contributed by atoms with E-state index < -0.39 is 5.79 Å². The summed E-state index contributed by atoms with van der Waals surface area (Å²) in [6.45, 7) is 1.67. The van der Waals surface area contributed by atoms with Crippen LogP contribution in [0.5, 0.6) is 5.75 Å². The molecule has 0 amide bonds. The van der Waals surface area contributed by atoms with Gasteiger partial charge in [-0.05, 0) is 18.2 Å². The number of benzene rings is 1. The molecule has 0 atom stereocenters. The molecule has 5 nitrogen and oxygen atoms in total. The van der Waals surface area contributed by atoms with Gasteiger partial charge in [0.2, 0.25) is 5.79 Å². The third-order valence-electron chi connectivity index (χ3n) is 3.26. The van der Waals surface area contributed by atoms with Crippen molar-refractivity contribution in [3.8, 4) is 5.75 Å². The number of fused-ring (bicyclic) bond motifs is 2. The molecule has 0 aromatic heterocycles. The lowest BCUT2D eigenvalue weighted by Gasteiger charge is -2.33. The maximum Gasteiger partial charge on any atom is 0.337 e. The fourth-order valence-electron chi connectivity index (χ4n) is 2.39. The van der Waals surface area contributed by atoms with E-state index in [-0.39, 0.29) is 5.97 Å². The van der Waals surface area contributed by atoms with Gasteiger partial charge < -0.3 is 18.9 Å². The van der Waals surface area contributed by atoms with Gasteiger partial charge in [0, 0.05) is 6.42 Å². The Morgan fingerprint density at radius 1 is 1.28 bits per heavy atom. The topological polar surface area (TPSA) is 54.0 Å². The number of carbonyl (C=O) groups excluding carboxylic acids is 1. The molecule has 0 radical (unpaired) electrons. The summed E-state index contributed by atoms with van der Waals surface area (Å²) in [5.41, 5.74) is 1.31. The molecule has 1 saturated heterocycles. The van der Waals surface area contributed by atoms with Crippen molar-refractivity contribution in [2.75, 3.05) is 26.9 Å². The average Bonchev–Trinajstić information content (AvgIpc) is 2.87. The van der Waals surface area contributed by atoms with E-state index >= 15 is 0 Å². The molecule has 5 heteroatoms. The summed E-state index contributed by atoms with van der Waals surface area (Å²) in [5.74, 6) is -0.442. The minimum absolute atomic E-state index is 0.380. The molecule has 0 unspecified atom stereocenters. The van der Waals surface area contributed by atoms with Crippen LogP contribution >= 0.6 is 0 Å². The Hall–Kier alpha value is -1.59. The van der Waals surface area contributed by atoms with E-state index in [1.165, 1.54) is 7.11 Å². The van der Waals surface area contributed by atoms with Gasteiger partial charge in [-0.1, -0.05) is 0 Å². The maximum atomic E-state index is 11.5. The molecular formula is C13H14O5. The van der Waals surface area contributed by atoms with Crippen molar-refractivity contribution in [1.29, 1.82) is 0 Å². The second kappa shape index (κ2) is 4.26. The number of ether oxygens (including phenoxy) is 4. The normalized spacial score (nSPS) is 20.3. The van der Waals surface area contributed by atoms with E-state index in [1.54, 1.807) is 12.1 Å². The van der Waals surface area contributed by atoms with Crippen molar-refractivity contribution < 1.29 is 23.7 Å². The summed E-state index contributed by atoms with van der Waals surface area (Å²) in [6, 6.07) is 5.19. The van der Waals surface area contributed by atoms with E-state index in [1.807, 2.05) is 6.07 Å². The van der Waals surface area contributed by atoms with Gasteiger partial charge in [0.25, 0.3) is 0 Å². The van der Waals surface area contributed by atoms with Gasteiger partial charge in [-0.3, -0.25) is 0 Å². The van der Waals surface area contributed by atoms with Gasteiger partial charge in [-0.2, -0.15) is 0 Å². The second-order valence-corrected chi connectivity index (χ2v) is 4.25. The van der Waals surface area contributed by atoms with E-state index in [2.05, 4.69) is 4.74 Å². The Labute approximate surface area is 105 Å². The van der Waals surface area contributed by atoms with Gasteiger partial charge >= 0.3 is 5.97 Å². The lowest BCUT2D eigenvalue weighted by Crippen LogP contribution is -2.33. The lowest BCUT2D eigenvalue weighted by atomic mass is 9.97. The first kappa shape index (κ1) is 11.5. The summed E-state index contributed by atoms with van der Waals surface area (Å²) in [7, 11) is 1.35. The largest absolute Gasteiger partial charge is 0.493 e. The predicted octanol–water partition coefficient (Wildman–Crippen LogP) is 1.46. The quantitative estimate of drug-likeness (QED) is 0.706. The number of carbonyl (C=O) groups is 1. The van der Waals surface area contributed by atoms with Gasteiger partial charge in [-0.25, -0.2) is 4.79 Å². The van der Waals surface area contributed by atoms with Crippen LogP contribution in [0.4, 0.5) is 0 Å². The molecule has 1 aromatic rings. The van der Waals surface area contributed by atoms with Crippen molar-refractivity contribution in [2.24, 2.45) is 0 Å². The highest BCUT2D eigenvalue weighted by molar-refractivity contribution is 5.90. The van der Waals surface area contributed by atoms with Crippen LogP contribution in [-0.2, 0) is 20.0 Å². The zero-order chi connectivity index (χ0) is 12.6. The molecule has 0 aliphatic carbocycles. The Morgan fingerprint density at radius 3 is 2.78 bits per heavy atom. The first-order valence-corrected chi connectivity index (χ1v) is 5.89. The molecule has 0 saturated carbocycles. The predicted molar refractivity (Wildman–Crippen MR) is 61.5 cm³/mol. The van der Waals surface area contributed by atoms with Gasteiger partial charge in [0.1, 0.15) is 5.75 Å².